The third-order valence-corrected chi connectivity index (χ3v) is 17.0. The van der Waals surface area contributed by atoms with Crippen LogP contribution in [0, 0.1) is 12.8 Å². The largest absolute Gasteiger partial charge is 0.348 e. The number of piperidine rings is 2. The Hall–Kier alpha value is -5.44. The van der Waals surface area contributed by atoms with Crippen LogP contribution >= 0.6 is 23.4 Å². The van der Waals surface area contributed by atoms with Crippen molar-refractivity contribution in [2.24, 2.45) is 20.0 Å². The van der Waals surface area contributed by atoms with Crippen LogP contribution in [0.4, 0.5) is 11.4 Å². The van der Waals surface area contributed by atoms with Crippen LogP contribution in [0.1, 0.15) is 77.3 Å². The lowest BCUT2D eigenvalue weighted by Gasteiger charge is -2.47. The fraction of sp³-hybridized carbons (Fsp3) is 0.429. The van der Waals surface area contributed by atoms with Crippen LogP contribution in [0.2, 0.25) is 5.02 Å². The molecule has 1 amide bonds. The summed E-state index contributed by atoms with van der Waals surface area (Å²) >= 11 is 8.13. The van der Waals surface area contributed by atoms with Gasteiger partial charge in [0.2, 0.25) is 0 Å². The molecule has 0 saturated carbocycles. The van der Waals surface area contributed by atoms with E-state index in [1.807, 2.05) is 74.4 Å². The summed E-state index contributed by atoms with van der Waals surface area (Å²) in [4.78, 5) is 42.6. The second kappa shape index (κ2) is 21.1. The lowest BCUT2D eigenvalue weighted by atomic mass is 9.82. The van der Waals surface area contributed by atoms with Gasteiger partial charge in [-0.2, -0.15) is 5.10 Å². The molecule has 3 saturated heterocycles. The first kappa shape index (κ1) is 48.2. The first-order valence-electron chi connectivity index (χ1n) is 25.3. The summed E-state index contributed by atoms with van der Waals surface area (Å²) in [6.45, 7) is 9.64. The number of para-hydroxylation sites is 3. The number of likely N-dealkylation sites (N-methyl/N-ethyl adjacent to an activating group) is 1. The third-order valence-electron chi connectivity index (χ3n) is 15.6. The van der Waals surface area contributed by atoms with E-state index in [1.165, 1.54) is 72.3 Å². The number of benzene rings is 4. The first-order valence-corrected chi connectivity index (χ1v) is 26.5. The maximum atomic E-state index is 13.0. The number of aryl methyl sites for hydroxylation is 3. The van der Waals surface area contributed by atoms with Gasteiger partial charge in [0, 0.05) is 132 Å². The summed E-state index contributed by atoms with van der Waals surface area (Å²) in [6.07, 6.45) is 12.7. The van der Waals surface area contributed by atoms with Gasteiger partial charge in [0.1, 0.15) is 5.82 Å². The highest BCUT2D eigenvalue weighted by Crippen LogP contribution is 2.49. The number of imidazole rings is 1. The van der Waals surface area contributed by atoms with Crippen LogP contribution in [-0.4, -0.2) is 122 Å². The number of hydrogen-bond donors (Lipinski definition) is 1. The number of ketones is 1. The smallest absolute Gasteiger partial charge is 0.272 e. The number of halogens is 1. The molecule has 3 fully saturated rings. The van der Waals surface area contributed by atoms with E-state index in [-0.39, 0.29) is 23.7 Å². The lowest BCUT2D eigenvalue weighted by Crippen LogP contribution is -2.55. The Bertz CT molecular complexity index is 2970. The summed E-state index contributed by atoms with van der Waals surface area (Å²) in [5, 5.41) is 10.5. The molecule has 4 aliphatic heterocycles. The lowest BCUT2D eigenvalue weighted by molar-refractivity contribution is 0.0462. The van der Waals surface area contributed by atoms with Crippen LogP contribution in [-0.2, 0) is 27.1 Å². The molecule has 12 nitrogen and oxygen atoms in total. The summed E-state index contributed by atoms with van der Waals surface area (Å²) < 4.78 is 6.05. The highest BCUT2D eigenvalue weighted by atomic mass is 35.5. The van der Waals surface area contributed by atoms with Crippen molar-refractivity contribution < 1.29 is 9.59 Å². The normalized spacial score (nSPS) is 21.3. The molecule has 7 aromatic rings. The van der Waals surface area contributed by atoms with Crippen molar-refractivity contribution in [2.75, 3.05) is 58.3 Å². The minimum atomic E-state index is -0.0329. The molecule has 7 heterocycles. The Morgan fingerprint density at radius 3 is 2.26 bits per heavy atom. The van der Waals surface area contributed by atoms with E-state index in [1.54, 1.807) is 10.9 Å². The molecular formula is C56H67ClN10O2S. The van der Waals surface area contributed by atoms with Gasteiger partial charge < -0.3 is 34.1 Å². The van der Waals surface area contributed by atoms with Crippen molar-refractivity contribution in [2.45, 2.75) is 92.8 Å². The average molecular weight is 980 g/mol. The van der Waals surface area contributed by atoms with Crippen molar-refractivity contribution in [3.8, 4) is 0 Å². The highest BCUT2D eigenvalue weighted by molar-refractivity contribution is 7.99. The monoisotopic (exact) mass is 978 g/mol. The number of Topliss-reactive ketones (excluding diaryl/α,β-unsaturated/α-hetero) is 1. The van der Waals surface area contributed by atoms with Gasteiger partial charge in [-0.1, -0.05) is 78.3 Å². The third kappa shape index (κ3) is 10.1. The van der Waals surface area contributed by atoms with E-state index in [9.17, 15) is 9.59 Å². The number of fused-ring (bicyclic) bond motifs is 8. The average Bonchev–Trinajstić information content (AvgIpc) is 4.03. The van der Waals surface area contributed by atoms with Gasteiger partial charge in [0.15, 0.2) is 11.5 Å². The fourth-order valence-corrected chi connectivity index (χ4v) is 12.8. The van der Waals surface area contributed by atoms with Gasteiger partial charge in [0.05, 0.1) is 16.9 Å². The van der Waals surface area contributed by atoms with E-state index in [4.69, 9.17) is 11.6 Å². The Kier molecular flexibility index (Phi) is 14.5. The molecule has 3 aromatic heterocycles. The van der Waals surface area contributed by atoms with Crippen molar-refractivity contribution in [3.63, 3.8) is 0 Å². The van der Waals surface area contributed by atoms with E-state index >= 15 is 0 Å². The van der Waals surface area contributed by atoms with Gasteiger partial charge in [-0.15, -0.1) is 0 Å². The molecule has 14 heteroatoms. The van der Waals surface area contributed by atoms with E-state index in [2.05, 4.69) is 114 Å². The summed E-state index contributed by atoms with van der Waals surface area (Å²) in [7, 11) is 8.40. The number of amides is 1. The molecule has 2 unspecified atom stereocenters. The van der Waals surface area contributed by atoms with Gasteiger partial charge >= 0.3 is 0 Å². The predicted octanol–water partition coefficient (Wildman–Crippen LogP) is 10.0. The van der Waals surface area contributed by atoms with Crippen LogP contribution < -0.4 is 10.2 Å². The number of carbonyl (C=O) groups is 2. The Balaban J connectivity index is 0.000000122. The maximum Gasteiger partial charge on any atom is 0.272 e. The van der Waals surface area contributed by atoms with Crippen molar-refractivity contribution in [1.29, 1.82) is 0 Å². The minimum Gasteiger partial charge on any atom is -0.348 e. The second-order valence-corrected chi connectivity index (χ2v) is 21.5. The molecule has 0 spiro atoms. The second-order valence-electron chi connectivity index (χ2n) is 20.0. The zero-order valence-electron chi connectivity index (χ0n) is 41.4. The van der Waals surface area contributed by atoms with Gasteiger partial charge in [-0.3, -0.25) is 14.3 Å². The molecule has 366 valence electrons. The number of carbonyl (C=O) groups excluding carboxylic acids is 2. The van der Waals surface area contributed by atoms with E-state index in [0.717, 1.165) is 90.0 Å². The molecule has 4 atom stereocenters. The molecule has 70 heavy (non-hydrogen) atoms. The van der Waals surface area contributed by atoms with Crippen molar-refractivity contribution in [1.82, 2.24) is 43.9 Å². The number of hydrogen-bond acceptors (Lipinski definition) is 9. The topological polar surface area (TPSA) is 99.7 Å². The maximum absolute atomic E-state index is 13.0. The zero-order chi connectivity index (χ0) is 48.5. The first-order chi connectivity index (χ1) is 34.0. The molecule has 2 bridgehead atoms. The van der Waals surface area contributed by atoms with Crippen molar-refractivity contribution >= 4 is 68.2 Å². The van der Waals surface area contributed by atoms with Crippen molar-refractivity contribution in [3.05, 3.63) is 131 Å². The van der Waals surface area contributed by atoms with E-state index in [0.29, 0.717) is 17.8 Å². The zero-order valence-corrected chi connectivity index (χ0v) is 42.9. The van der Waals surface area contributed by atoms with E-state index < -0.39 is 0 Å². The van der Waals surface area contributed by atoms with Crippen LogP contribution in [0.25, 0.3) is 21.8 Å². The number of anilines is 2. The number of rotatable bonds is 8. The molecule has 0 radical (unpaired) electrons. The summed E-state index contributed by atoms with van der Waals surface area (Å²) in [5.41, 5.74) is 7.37. The van der Waals surface area contributed by atoms with Gasteiger partial charge in [-0.25, -0.2) is 4.98 Å². The minimum absolute atomic E-state index is 0.0329. The fourth-order valence-electron chi connectivity index (χ4n) is 11.6. The van der Waals surface area contributed by atoms with Gasteiger partial charge in [-0.05, 0) is 115 Å². The van der Waals surface area contributed by atoms with Crippen LogP contribution in [0.15, 0.2) is 113 Å². The summed E-state index contributed by atoms with van der Waals surface area (Å²) in [6, 6.07) is 32.5. The molecular weight excluding hydrogens is 912 g/mol. The number of nitrogens with one attached hydrogen (secondary N) is 1. The number of aromatic nitrogens is 5. The highest BCUT2D eigenvalue weighted by Gasteiger charge is 2.37. The Morgan fingerprint density at radius 1 is 0.800 bits per heavy atom. The Morgan fingerprint density at radius 2 is 1.50 bits per heavy atom. The summed E-state index contributed by atoms with van der Waals surface area (Å²) in [5.74, 6) is 1.27. The quantitative estimate of drug-likeness (QED) is 0.160. The standard InChI is InChI=1S/C20H24ClN3S.C18H24N4O.C18H19N3O/c1-22-11-13-23(14-12-22)9-4-10-24-17-5-2-3-6-19(17)25-20-8-7-16(21)15-18(20)24;1-21-13-6-5-7-14(21)11-12(10-13)19-18(23)17-15-8-3-4-9-16(15)22(2)20-17;1-12-19-9-10-21(12)11-13-7-8-16-17(18(13)22)14-5-3-4-6-15(14)20(16)2/h2-3,5-8,15H,4,9-14H2,1H3;3-4,8-9,12-14H,5-7,10-11H2,1-2H3,(H,19,23);3-6,9-10,13H,7-8,11H2,1-2H3/t;12?,13-,14+;. The molecule has 1 N–H and O–H groups in total. The SMILES string of the molecule is CN1CCN(CCCN2c3ccccc3Sc3ccc(Cl)cc32)CC1.CN1[C@@H]2CCC[C@H]1CC(NC(=O)c1nn(C)c3ccccc13)C2.Cc1nccn1CC1CCc2c(c3ccccc3n2C)C1=O. The van der Waals surface area contributed by atoms with Crippen LogP contribution in [0.3, 0.4) is 0 Å². The van der Waals surface area contributed by atoms with Crippen LogP contribution in [0.5, 0.6) is 0 Å². The Labute approximate surface area is 421 Å². The molecule has 5 aliphatic rings. The van der Waals surface area contributed by atoms with Gasteiger partial charge in [0.25, 0.3) is 5.91 Å². The predicted molar refractivity (Wildman–Crippen MR) is 284 cm³/mol. The molecule has 4 aromatic carbocycles. The molecule has 1 aliphatic carbocycles. The molecule has 12 rings (SSSR count). The number of nitrogens with zero attached hydrogens (tertiary/aromatic N) is 9. The number of piperazine rings is 1.